The van der Waals surface area contributed by atoms with Gasteiger partial charge in [-0.15, -0.1) is 0 Å². The first-order chi connectivity index (χ1) is 12.2. The smallest absolute Gasteiger partial charge is 0.259 e. The molecule has 1 aliphatic heterocycles. The summed E-state index contributed by atoms with van der Waals surface area (Å²) < 4.78 is 13.0. The van der Waals surface area contributed by atoms with E-state index in [0.717, 1.165) is 25.3 Å². The first-order valence-corrected chi connectivity index (χ1v) is 9.03. The van der Waals surface area contributed by atoms with Gasteiger partial charge in [0.15, 0.2) is 0 Å². The van der Waals surface area contributed by atoms with Crippen LogP contribution in [-0.4, -0.2) is 45.5 Å². The SMILES string of the molecule is CCn1ncc2c1[C@H](COCC1CC1)N(C(=O)c1cnoc1C)CC2. The van der Waals surface area contributed by atoms with Crippen LogP contribution in [0.1, 0.15) is 53.2 Å². The van der Waals surface area contributed by atoms with E-state index in [1.54, 1.807) is 6.92 Å². The van der Waals surface area contributed by atoms with Crippen LogP contribution in [0.15, 0.2) is 16.9 Å². The third-order valence-electron chi connectivity index (χ3n) is 5.14. The topological polar surface area (TPSA) is 73.4 Å². The van der Waals surface area contributed by atoms with Gasteiger partial charge in [0.25, 0.3) is 5.91 Å². The van der Waals surface area contributed by atoms with Gasteiger partial charge < -0.3 is 14.2 Å². The number of aryl methyl sites for hydroxylation is 2. The highest BCUT2D eigenvalue weighted by molar-refractivity contribution is 5.95. The fourth-order valence-electron chi connectivity index (χ4n) is 3.51. The number of nitrogens with zero attached hydrogens (tertiary/aromatic N) is 4. The molecule has 1 amide bonds. The summed E-state index contributed by atoms with van der Waals surface area (Å²) in [4.78, 5) is 15.0. The van der Waals surface area contributed by atoms with Crippen LogP contribution in [0.2, 0.25) is 0 Å². The fourth-order valence-corrected chi connectivity index (χ4v) is 3.51. The highest BCUT2D eigenvalue weighted by Crippen LogP contribution is 2.33. The summed E-state index contributed by atoms with van der Waals surface area (Å²) >= 11 is 0. The van der Waals surface area contributed by atoms with E-state index in [1.165, 1.54) is 24.6 Å². The molecule has 7 heteroatoms. The molecular weight excluding hydrogens is 320 g/mol. The molecule has 134 valence electrons. The highest BCUT2D eigenvalue weighted by atomic mass is 16.5. The number of fused-ring (bicyclic) bond motifs is 1. The summed E-state index contributed by atoms with van der Waals surface area (Å²) in [6, 6.07) is -0.119. The zero-order valence-corrected chi connectivity index (χ0v) is 14.8. The van der Waals surface area contributed by atoms with E-state index in [-0.39, 0.29) is 11.9 Å². The zero-order chi connectivity index (χ0) is 17.4. The molecule has 0 N–H and O–H groups in total. The lowest BCUT2D eigenvalue weighted by atomic mass is 9.99. The van der Waals surface area contributed by atoms with Crippen LogP contribution in [0, 0.1) is 12.8 Å². The minimum absolute atomic E-state index is 0.0479. The van der Waals surface area contributed by atoms with Gasteiger partial charge in [-0.1, -0.05) is 5.16 Å². The Bertz CT molecular complexity index is 749. The van der Waals surface area contributed by atoms with E-state index in [1.807, 2.05) is 15.8 Å². The van der Waals surface area contributed by atoms with Gasteiger partial charge in [0.05, 0.1) is 30.7 Å². The Balaban J connectivity index is 1.62. The molecule has 7 nitrogen and oxygen atoms in total. The van der Waals surface area contributed by atoms with Crippen molar-refractivity contribution in [2.24, 2.45) is 5.92 Å². The van der Waals surface area contributed by atoms with Gasteiger partial charge in [-0.25, -0.2) is 0 Å². The lowest BCUT2D eigenvalue weighted by Crippen LogP contribution is -2.43. The number of hydrogen-bond donors (Lipinski definition) is 0. The molecule has 0 saturated heterocycles. The average molecular weight is 344 g/mol. The van der Waals surface area contributed by atoms with Gasteiger partial charge >= 0.3 is 0 Å². The molecule has 1 fully saturated rings. The number of carbonyl (C=O) groups is 1. The van der Waals surface area contributed by atoms with Gasteiger partial charge in [0.2, 0.25) is 0 Å². The summed E-state index contributed by atoms with van der Waals surface area (Å²) in [6.07, 6.45) is 6.76. The molecule has 0 bridgehead atoms. The Kier molecular flexibility index (Phi) is 4.33. The summed E-state index contributed by atoms with van der Waals surface area (Å²) in [5.41, 5.74) is 2.85. The van der Waals surface area contributed by atoms with E-state index in [9.17, 15) is 4.79 Å². The summed E-state index contributed by atoms with van der Waals surface area (Å²) in [6.45, 7) is 6.56. The molecule has 4 rings (SSSR count). The molecule has 3 heterocycles. The minimum Gasteiger partial charge on any atom is -0.379 e. The Labute approximate surface area is 146 Å². The van der Waals surface area contributed by atoms with Gasteiger partial charge in [0, 0.05) is 19.7 Å². The molecular formula is C18H24N4O3. The summed E-state index contributed by atoms with van der Waals surface area (Å²) in [5.74, 6) is 1.20. The van der Waals surface area contributed by atoms with Crippen molar-refractivity contribution in [1.82, 2.24) is 19.8 Å². The zero-order valence-electron chi connectivity index (χ0n) is 14.8. The van der Waals surface area contributed by atoms with Gasteiger partial charge in [-0.3, -0.25) is 9.48 Å². The maximum atomic E-state index is 13.1. The van der Waals surface area contributed by atoms with Crippen molar-refractivity contribution in [3.8, 4) is 0 Å². The number of hydrogen-bond acceptors (Lipinski definition) is 5. The Morgan fingerprint density at radius 3 is 2.88 bits per heavy atom. The fraction of sp³-hybridized carbons (Fsp3) is 0.611. The van der Waals surface area contributed by atoms with Crippen LogP contribution < -0.4 is 0 Å². The van der Waals surface area contributed by atoms with E-state index in [4.69, 9.17) is 9.26 Å². The van der Waals surface area contributed by atoms with E-state index < -0.39 is 0 Å². The maximum absolute atomic E-state index is 13.1. The molecule has 0 spiro atoms. The van der Waals surface area contributed by atoms with Crippen molar-refractivity contribution in [2.45, 2.75) is 45.7 Å². The lowest BCUT2D eigenvalue weighted by molar-refractivity contribution is 0.0344. The van der Waals surface area contributed by atoms with Crippen LogP contribution in [0.3, 0.4) is 0 Å². The Morgan fingerprint density at radius 1 is 1.36 bits per heavy atom. The third kappa shape index (κ3) is 3.08. The van der Waals surface area contributed by atoms with Crippen LogP contribution in [-0.2, 0) is 17.7 Å². The Morgan fingerprint density at radius 2 is 2.20 bits per heavy atom. The summed E-state index contributed by atoms with van der Waals surface area (Å²) in [7, 11) is 0. The second-order valence-electron chi connectivity index (χ2n) is 6.91. The van der Waals surface area contributed by atoms with Crippen LogP contribution in [0.4, 0.5) is 0 Å². The van der Waals surface area contributed by atoms with Crippen molar-refractivity contribution >= 4 is 5.91 Å². The average Bonchev–Trinajstić information content (AvgIpc) is 3.18. The standard InChI is InChI=1S/C18H24N4O3/c1-3-22-17-14(8-19-22)6-7-21(16(17)11-24-10-13-4-5-13)18(23)15-9-20-25-12(15)2/h8-9,13,16H,3-7,10-11H2,1-2H3/t16-/m0/s1. The molecule has 2 aromatic rings. The summed E-state index contributed by atoms with van der Waals surface area (Å²) in [5, 5.41) is 8.24. The highest BCUT2D eigenvalue weighted by Gasteiger charge is 2.36. The number of ether oxygens (including phenoxy) is 1. The van der Waals surface area contributed by atoms with E-state index >= 15 is 0 Å². The number of carbonyl (C=O) groups excluding carboxylic acids is 1. The van der Waals surface area contributed by atoms with Crippen molar-refractivity contribution in [3.05, 3.63) is 35.0 Å². The Hall–Kier alpha value is -2.15. The maximum Gasteiger partial charge on any atom is 0.259 e. The number of aromatic nitrogens is 3. The van der Waals surface area contributed by atoms with Crippen molar-refractivity contribution < 1.29 is 14.1 Å². The number of rotatable bonds is 6. The van der Waals surface area contributed by atoms with Crippen molar-refractivity contribution in [2.75, 3.05) is 19.8 Å². The predicted octanol–water partition coefficient (Wildman–Crippen LogP) is 2.37. The lowest BCUT2D eigenvalue weighted by Gasteiger charge is -2.36. The minimum atomic E-state index is -0.119. The van der Waals surface area contributed by atoms with Gasteiger partial charge in [0.1, 0.15) is 11.3 Å². The normalized spacial score (nSPS) is 19.9. The molecule has 2 aliphatic rings. The third-order valence-corrected chi connectivity index (χ3v) is 5.14. The molecule has 1 saturated carbocycles. The van der Waals surface area contributed by atoms with Crippen LogP contribution >= 0.6 is 0 Å². The molecule has 0 unspecified atom stereocenters. The van der Waals surface area contributed by atoms with Crippen molar-refractivity contribution in [3.63, 3.8) is 0 Å². The molecule has 0 aromatic carbocycles. The molecule has 1 atom stereocenters. The first kappa shape index (κ1) is 16.3. The largest absolute Gasteiger partial charge is 0.379 e. The van der Waals surface area contributed by atoms with Crippen LogP contribution in [0.5, 0.6) is 0 Å². The van der Waals surface area contributed by atoms with E-state index in [2.05, 4.69) is 17.2 Å². The van der Waals surface area contributed by atoms with Gasteiger partial charge in [-0.05, 0) is 44.6 Å². The monoisotopic (exact) mass is 344 g/mol. The van der Waals surface area contributed by atoms with Crippen LogP contribution in [0.25, 0.3) is 0 Å². The number of amides is 1. The molecule has 1 aliphatic carbocycles. The molecule has 0 radical (unpaired) electrons. The van der Waals surface area contributed by atoms with E-state index in [0.29, 0.717) is 30.4 Å². The van der Waals surface area contributed by atoms with Gasteiger partial charge in [-0.2, -0.15) is 5.10 Å². The second kappa shape index (κ2) is 6.63. The molecule has 2 aromatic heterocycles. The van der Waals surface area contributed by atoms with Crippen molar-refractivity contribution in [1.29, 1.82) is 0 Å². The molecule has 25 heavy (non-hydrogen) atoms. The second-order valence-corrected chi connectivity index (χ2v) is 6.91. The quantitative estimate of drug-likeness (QED) is 0.804. The predicted molar refractivity (Wildman–Crippen MR) is 90.2 cm³/mol. The first-order valence-electron chi connectivity index (χ1n) is 9.03.